The number of ether oxygens (including phenoxy) is 2. The third kappa shape index (κ3) is 4.63. The number of carbonyl (C=O) groups is 1. The Hall–Kier alpha value is -1.75. The van der Waals surface area contributed by atoms with Gasteiger partial charge in [0.2, 0.25) is 0 Å². The van der Waals surface area contributed by atoms with E-state index in [4.69, 9.17) is 9.47 Å². The molecule has 1 aromatic carbocycles. The fraction of sp³-hybridized carbons (Fsp3) is 0.562. The molecule has 5 nitrogen and oxygen atoms in total. The first-order valence-corrected chi connectivity index (χ1v) is 7.25. The number of hydrogen-bond acceptors (Lipinski definition) is 4. The average Bonchev–Trinajstić information content (AvgIpc) is 2.33. The molecule has 1 fully saturated rings. The molecule has 1 aliphatic rings. The van der Waals surface area contributed by atoms with Gasteiger partial charge in [0.25, 0.3) is 0 Å². The van der Waals surface area contributed by atoms with Gasteiger partial charge in [-0.25, -0.2) is 4.79 Å². The van der Waals surface area contributed by atoms with Crippen LogP contribution in [0, 0.1) is 5.92 Å². The molecule has 1 aromatic rings. The number of hydrogen-bond donors (Lipinski definition) is 2. The number of anilines is 1. The summed E-state index contributed by atoms with van der Waals surface area (Å²) < 4.78 is 10.6. The molecule has 2 N–H and O–H groups in total. The Morgan fingerprint density at radius 1 is 1.38 bits per heavy atom. The summed E-state index contributed by atoms with van der Waals surface area (Å²) in [4.78, 5) is 11.9. The SMILES string of the molecule is COc1ccc(NC(=O)OC(C)(C)C)c(CC2CNC2)c1. The van der Waals surface area contributed by atoms with Crippen LogP contribution in [-0.2, 0) is 11.2 Å². The lowest BCUT2D eigenvalue weighted by atomic mass is 9.93. The van der Waals surface area contributed by atoms with E-state index in [0.717, 1.165) is 36.5 Å². The van der Waals surface area contributed by atoms with E-state index >= 15 is 0 Å². The highest BCUT2D eigenvalue weighted by Crippen LogP contribution is 2.26. The Labute approximate surface area is 126 Å². The number of methoxy groups -OCH3 is 1. The molecule has 0 unspecified atom stereocenters. The van der Waals surface area contributed by atoms with Crippen molar-refractivity contribution in [3.63, 3.8) is 0 Å². The normalized spacial score (nSPS) is 15.2. The summed E-state index contributed by atoms with van der Waals surface area (Å²) in [6.45, 7) is 7.58. The van der Waals surface area contributed by atoms with Crippen molar-refractivity contribution in [2.45, 2.75) is 32.8 Å². The minimum absolute atomic E-state index is 0.430. The van der Waals surface area contributed by atoms with Gasteiger partial charge in [-0.15, -0.1) is 0 Å². The van der Waals surface area contributed by atoms with Gasteiger partial charge in [-0.3, -0.25) is 5.32 Å². The minimum atomic E-state index is -0.505. The van der Waals surface area contributed by atoms with Crippen molar-refractivity contribution in [3.8, 4) is 5.75 Å². The van der Waals surface area contributed by atoms with Gasteiger partial charge in [0, 0.05) is 5.69 Å². The van der Waals surface area contributed by atoms with E-state index in [-0.39, 0.29) is 0 Å². The lowest BCUT2D eigenvalue weighted by Gasteiger charge is -2.28. The van der Waals surface area contributed by atoms with Crippen LogP contribution < -0.4 is 15.4 Å². The molecular formula is C16H24N2O3. The summed E-state index contributed by atoms with van der Waals surface area (Å²) in [7, 11) is 1.64. The average molecular weight is 292 g/mol. The summed E-state index contributed by atoms with van der Waals surface area (Å²) >= 11 is 0. The molecule has 2 rings (SSSR count). The summed E-state index contributed by atoms with van der Waals surface area (Å²) in [5, 5.41) is 6.09. The summed E-state index contributed by atoms with van der Waals surface area (Å²) in [5.41, 5.74) is 1.36. The van der Waals surface area contributed by atoms with Crippen LogP contribution >= 0.6 is 0 Å². The van der Waals surface area contributed by atoms with Crippen molar-refractivity contribution in [3.05, 3.63) is 23.8 Å². The summed E-state index contributed by atoms with van der Waals surface area (Å²) in [6.07, 6.45) is 0.482. The summed E-state index contributed by atoms with van der Waals surface area (Å²) in [5.74, 6) is 1.41. The fourth-order valence-electron chi connectivity index (χ4n) is 2.21. The van der Waals surface area contributed by atoms with Gasteiger partial charge in [0.1, 0.15) is 11.4 Å². The predicted molar refractivity (Wildman–Crippen MR) is 82.9 cm³/mol. The van der Waals surface area contributed by atoms with Crippen molar-refractivity contribution in [2.75, 3.05) is 25.5 Å². The first-order valence-electron chi connectivity index (χ1n) is 7.25. The minimum Gasteiger partial charge on any atom is -0.497 e. The van der Waals surface area contributed by atoms with E-state index in [9.17, 15) is 4.79 Å². The topological polar surface area (TPSA) is 59.6 Å². The number of carbonyl (C=O) groups excluding carboxylic acids is 1. The zero-order chi connectivity index (χ0) is 15.5. The van der Waals surface area contributed by atoms with Gasteiger partial charge < -0.3 is 14.8 Å². The Balaban J connectivity index is 2.11. The first-order chi connectivity index (χ1) is 9.87. The second-order valence-electron chi connectivity index (χ2n) is 6.38. The van der Waals surface area contributed by atoms with Crippen LogP contribution in [0.25, 0.3) is 0 Å². The monoisotopic (exact) mass is 292 g/mol. The van der Waals surface area contributed by atoms with E-state index in [1.54, 1.807) is 7.11 Å². The molecule has 0 saturated carbocycles. The van der Waals surface area contributed by atoms with E-state index in [1.165, 1.54) is 0 Å². The zero-order valence-electron chi connectivity index (χ0n) is 13.2. The van der Waals surface area contributed by atoms with E-state index in [1.807, 2.05) is 39.0 Å². The highest BCUT2D eigenvalue weighted by atomic mass is 16.6. The third-order valence-electron chi connectivity index (χ3n) is 3.32. The third-order valence-corrected chi connectivity index (χ3v) is 3.32. The Bertz CT molecular complexity index is 505. The molecule has 21 heavy (non-hydrogen) atoms. The van der Waals surface area contributed by atoms with Crippen LogP contribution in [0.1, 0.15) is 26.3 Å². The van der Waals surface area contributed by atoms with Gasteiger partial charge in [-0.05, 0) is 70.0 Å². The van der Waals surface area contributed by atoms with Gasteiger partial charge in [-0.2, -0.15) is 0 Å². The molecule has 1 saturated heterocycles. The quantitative estimate of drug-likeness (QED) is 0.896. The van der Waals surface area contributed by atoms with Crippen molar-refractivity contribution >= 4 is 11.8 Å². The molecule has 0 radical (unpaired) electrons. The van der Waals surface area contributed by atoms with Crippen LogP contribution in [0.5, 0.6) is 5.75 Å². The van der Waals surface area contributed by atoms with E-state index in [0.29, 0.717) is 5.92 Å². The van der Waals surface area contributed by atoms with Gasteiger partial charge in [-0.1, -0.05) is 0 Å². The molecular weight excluding hydrogens is 268 g/mol. The lowest BCUT2D eigenvalue weighted by molar-refractivity contribution is 0.0635. The molecule has 116 valence electrons. The van der Waals surface area contributed by atoms with Crippen LogP contribution in [0.3, 0.4) is 0 Å². The molecule has 5 heteroatoms. The van der Waals surface area contributed by atoms with Crippen LogP contribution in [-0.4, -0.2) is 31.9 Å². The predicted octanol–water partition coefficient (Wildman–Crippen LogP) is 2.80. The second kappa shape index (κ2) is 6.35. The number of rotatable bonds is 4. The second-order valence-corrected chi connectivity index (χ2v) is 6.38. The highest BCUT2D eigenvalue weighted by molar-refractivity contribution is 5.86. The zero-order valence-corrected chi connectivity index (χ0v) is 13.2. The van der Waals surface area contributed by atoms with Crippen molar-refractivity contribution < 1.29 is 14.3 Å². The number of benzene rings is 1. The standard InChI is InChI=1S/C16H24N2O3/c1-16(2,3)21-15(19)18-14-6-5-13(20-4)8-12(14)7-11-9-17-10-11/h5-6,8,11,17H,7,9-10H2,1-4H3,(H,18,19). The maximum absolute atomic E-state index is 11.9. The Morgan fingerprint density at radius 2 is 2.10 bits per heavy atom. The van der Waals surface area contributed by atoms with Gasteiger partial charge in [0.15, 0.2) is 0 Å². The smallest absolute Gasteiger partial charge is 0.412 e. The van der Waals surface area contributed by atoms with Crippen LogP contribution in [0.15, 0.2) is 18.2 Å². The highest BCUT2D eigenvalue weighted by Gasteiger charge is 2.21. The maximum Gasteiger partial charge on any atom is 0.412 e. The molecule has 0 aromatic heterocycles. The maximum atomic E-state index is 11.9. The number of nitrogens with one attached hydrogen (secondary N) is 2. The molecule has 1 heterocycles. The molecule has 0 bridgehead atoms. The fourth-order valence-corrected chi connectivity index (χ4v) is 2.21. The Kier molecular flexibility index (Phi) is 4.73. The molecule has 0 atom stereocenters. The van der Waals surface area contributed by atoms with Crippen LogP contribution in [0.4, 0.5) is 10.5 Å². The summed E-state index contributed by atoms with van der Waals surface area (Å²) in [6, 6.07) is 5.68. The Morgan fingerprint density at radius 3 is 2.62 bits per heavy atom. The van der Waals surface area contributed by atoms with Crippen molar-refractivity contribution in [1.82, 2.24) is 5.32 Å². The molecule has 0 spiro atoms. The van der Waals surface area contributed by atoms with Crippen molar-refractivity contribution in [1.29, 1.82) is 0 Å². The molecule has 1 aliphatic heterocycles. The van der Waals surface area contributed by atoms with E-state index < -0.39 is 11.7 Å². The van der Waals surface area contributed by atoms with E-state index in [2.05, 4.69) is 10.6 Å². The molecule has 0 aliphatic carbocycles. The van der Waals surface area contributed by atoms with Gasteiger partial charge >= 0.3 is 6.09 Å². The largest absolute Gasteiger partial charge is 0.497 e. The first kappa shape index (κ1) is 15.6. The van der Waals surface area contributed by atoms with Crippen LogP contribution in [0.2, 0.25) is 0 Å². The number of amides is 1. The lowest BCUT2D eigenvalue weighted by Crippen LogP contribution is -2.43. The van der Waals surface area contributed by atoms with Gasteiger partial charge in [0.05, 0.1) is 7.11 Å². The van der Waals surface area contributed by atoms with Crippen molar-refractivity contribution in [2.24, 2.45) is 5.92 Å². The molecule has 1 amide bonds.